The minimum Gasteiger partial charge on any atom is -0.397 e. The van der Waals surface area contributed by atoms with Crippen LogP contribution in [0.25, 0.3) is 0 Å². The Labute approximate surface area is 113 Å². The van der Waals surface area contributed by atoms with Crippen molar-refractivity contribution in [1.82, 2.24) is 0 Å². The van der Waals surface area contributed by atoms with E-state index in [9.17, 15) is 21.6 Å². The standard InChI is InChI=1S/C12H9F3N2O2S/c13-7-1-4-12(11(16)5-7)17-20(18,19)8-2-3-9(14)10(15)6-8/h1-6,17H,16H2. The molecule has 0 aliphatic heterocycles. The zero-order valence-electron chi connectivity index (χ0n) is 9.90. The molecule has 0 aliphatic carbocycles. The molecule has 0 heterocycles. The van der Waals surface area contributed by atoms with Gasteiger partial charge >= 0.3 is 0 Å². The van der Waals surface area contributed by atoms with Gasteiger partial charge in [-0.3, -0.25) is 4.72 Å². The molecule has 0 aromatic heterocycles. The van der Waals surface area contributed by atoms with Crippen LogP contribution in [0.4, 0.5) is 24.5 Å². The molecule has 0 unspecified atom stereocenters. The third kappa shape index (κ3) is 2.85. The fraction of sp³-hybridized carbons (Fsp3) is 0. The summed E-state index contributed by atoms with van der Waals surface area (Å²) < 4.78 is 64.6. The summed E-state index contributed by atoms with van der Waals surface area (Å²) in [5, 5.41) is 0. The first-order valence-corrected chi connectivity index (χ1v) is 6.81. The van der Waals surface area contributed by atoms with Crippen LogP contribution in [-0.4, -0.2) is 8.42 Å². The molecule has 2 aromatic carbocycles. The smallest absolute Gasteiger partial charge is 0.262 e. The van der Waals surface area contributed by atoms with Gasteiger partial charge in [-0.2, -0.15) is 0 Å². The van der Waals surface area contributed by atoms with Crippen molar-refractivity contribution in [2.45, 2.75) is 4.90 Å². The van der Waals surface area contributed by atoms with E-state index in [1.165, 1.54) is 0 Å². The quantitative estimate of drug-likeness (QED) is 0.856. The molecule has 3 N–H and O–H groups in total. The Morgan fingerprint density at radius 3 is 2.25 bits per heavy atom. The van der Waals surface area contributed by atoms with Gasteiger partial charge in [0, 0.05) is 0 Å². The largest absolute Gasteiger partial charge is 0.397 e. The van der Waals surface area contributed by atoms with Gasteiger partial charge in [0.1, 0.15) is 5.82 Å². The Hall–Kier alpha value is -2.22. The summed E-state index contributed by atoms with van der Waals surface area (Å²) in [7, 11) is -4.15. The SMILES string of the molecule is Nc1cc(F)ccc1NS(=O)(=O)c1ccc(F)c(F)c1. The Balaban J connectivity index is 2.38. The second kappa shape index (κ2) is 5.04. The van der Waals surface area contributed by atoms with Crippen LogP contribution in [0.3, 0.4) is 0 Å². The van der Waals surface area contributed by atoms with Crippen molar-refractivity contribution in [2.24, 2.45) is 0 Å². The van der Waals surface area contributed by atoms with Crippen molar-refractivity contribution in [1.29, 1.82) is 0 Å². The molecule has 0 spiro atoms. The first-order valence-electron chi connectivity index (χ1n) is 5.32. The predicted molar refractivity (Wildman–Crippen MR) is 68.0 cm³/mol. The van der Waals surface area contributed by atoms with Crippen molar-refractivity contribution in [2.75, 3.05) is 10.5 Å². The lowest BCUT2D eigenvalue weighted by Gasteiger charge is -2.10. The molecule has 8 heteroatoms. The molecule has 106 valence electrons. The molecule has 0 bridgehead atoms. The minimum atomic E-state index is -4.15. The third-order valence-corrected chi connectivity index (χ3v) is 3.82. The third-order valence-electron chi connectivity index (χ3n) is 2.46. The number of hydrogen-bond donors (Lipinski definition) is 2. The molecule has 0 fully saturated rings. The van der Waals surface area contributed by atoms with E-state index in [0.29, 0.717) is 12.1 Å². The summed E-state index contributed by atoms with van der Waals surface area (Å²) in [6.45, 7) is 0. The highest BCUT2D eigenvalue weighted by atomic mass is 32.2. The molecule has 2 rings (SSSR count). The number of benzene rings is 2. The molecule has 2 aromatic rings. The number of nitrogens with one attached hydrogen (secondary N) is 1. The van der Waals surface area contributed by atoms with E-state index in [4.69, 9.17) is 5.73 Å². The Morgan fingerprint density at radius 2 is 1.65 bits per heavy atom. The van der Waals surface area contributed by atoms with Crippen LogP contribution < -0.4 is 10.5 Å². The van der Waals surface area contributed by atoms with Crippen LogP contribution in [0.2, 0.25) is 0 Å². The van der Waals surface area contributed by atoms with E-state index in [-0.39, 0.29) is 11.4 Å². The zero-order chi connectivity index (χ0) is 14.9. The average molecular weight is 302 g/mol. The summed E-state index contributed by atoms with van der Waals surface area (Å²) in [4.78, 5) is -0.472. The van der Waals surface area contributed by atoms with Crippen LogP contribution in [-0.2, 0) is 10.0 Å². The van der Waals surface area contributed by atoms with Gasteiger partial charge in [0.25, 0.3) is 10.0 Å². The molecule has 0 saturated carbocycles. The second-order valence-electron chi connectivity index (χ2n) is 3.91. The summed E-state index contributed by atoms with van der Waals surface area (Å²) in [6, 6.07) is 5.21. The fourth-order valence-electron chi connectivity index (χ4n) is 1.47. The lowest BCUT2D eigenvalue weighted by atomic mass is 10.3. The second-order valence-corrected chi connectivity index (χ2v) is 5.60. The van der Waals surface area contributed by atoms with Gasteiger partial charge in [-0.15, -0.1) is 0 Å². The summed E-state index contributed by atoms with van der Waals surface area (Å²) in [5.74, 6) is -3.08. The molecule has 20 heavy (non-hydrogen) atoms. The average Bonchev–Trinajstić information content (AvgIpc) is 2.36. The molecule has 0 saturated heterocycles. The topological polar surface area (TPSA) is 72.2 Å². The van der Waals surface area contributed by atoms with E-state index in [1.807, 2.05) is 0 Å². The maximum atomic E-state index is 13.0. The zero-order valence-corrected chi connectivity index (χ0v) is 10.7. The van der Waals surface area contributed by atoms with Gasteiger partial charge in [0.05, 0.1) is 16.3 Å². The van der Waals surface area contributed by atoms with E-state index >= 15 is 0 Å². The molecular formula is C12H9F3N2O2S. The van der Waals surface area contributed by atoms with E-state index in [1.54, 1.807) is 0 Å². The number of nitrogen functional groups attached to an aromatic ring is 1. The molecule has 0 radical (unpaired) electrons. The van der Waals surface area contributed by atoms with Crippen molar-refractivity contribution < 1.29 is 21.6 Å². The highest BCUT2D eigenvalue weighted by Gasteiger charge is 2.17. The number of halogens is 3. The van der Waals surface area contributed by atoms with Gasteiger partial charge in [-0.05, 0) is 36.4 Å². The molecular weight excluding hydrogens is 293 g/mol. The van der Waals surface area contributed by atoms with Gasteiger partial charge < -0.3 is 5.73 Å². The normalized spacial score (nSPS) is 11.3. The number of nitrogens with two attached hydrogens (primary N) is 1. The first kappa shape index (κ1) is 14.2. The Morgan fingerprint density at radius 1 is 0.950 bits per heavy atom. The maximum Gasteiger partial charge on any atom is 0.262 e. The van der Waals surface area contributed by atoms with Crippen molar-refractivity contribution >= 4 is 21.4 Å². The van der Waals surface area contributed by atoms with Crippen molar-refractivity contribution in [3.05, 3.63) is 53.8 Å². The maximum absolute atomic E-state index is 13.0. The van der Waals surface area contributed by atoms with Gasteiger partial charge in [-0.1, -0.05) is 0 Å². The first-order chi connectivity index (χ1) is 9.29. The van der Waals surface area contributed by atoms with Crippen molar-refractivity contribution in [3.8, 4) is 0 Å². The van der Waals surface area contributed by atoms with E-state index in [0.717, 1.165) is 24.3 Å². The Kier molecular flexibility index (Phi) is 3.58. The Bertz CT molecular complexity index is 763. The number of hydrogen-bond acceptors (Lipinski definition) is 3. The number of anilines is 2. The van der Waals surface area contributed by atoms with Crippen LogP contribution in [0.1, 0.15) is 0 Å². The minimum absolute atomic E-state index is 0.0591. The van der Waals surface area contributed by atoms with Gasteiger partial charge in [0.2, 0.25) is 0 Å². The molecule has 4 nitrogen and oxygen atoms in total. The lowest BCUT2D eigenvalue weighted by Crippen LogP contribution is -2.14. The van der Waals surface area contributed by atoms with Crippen LogP contribution >= 0.6 is 0 Å². The van der Waals surface area contributed by atoms with E-state index < -0.39 is 32.4 Å². The summed E-state index contributed by atoms with van der Waals surface area (Å²) >= 11 is 0. The predicted octanol–water partition coefficient (Wildman–Crippen LogP) is 2.49. The highest BCUT2D eigenvalue weighted by Crippen LogP contribution is 2.23. The van der Waals surface area contributed by atoms with Crippen LogP contribution in [0, 0.1) is 17.5 Å². The summed E-state index contributed by atoms with van der Waals surface area (Å²) in [6.07, 6.45) is 0. The fourth-order valence-corrected chi connectivity index (χ4v) is 2.57. The number of sulfonamides is 1. The van der Waals surface area contributed by atoms with Crippen LogP contribution in [0.5, 0.6) is 0 Å². The van der Waals surface area contributed by atoms with Gasteiger partial charge in [0.15, 0.2) is 11.6 Å². The van der Waals surface area contributed by atoms with E-state index in [2.05, 4.69) is 4.72 Å². The molecule has 0 amide bonds. The summed E-state index contributed by atoms with van der Waals surface area (Å²) in [5.41, 5.74) is 5.27. The van der Waals surface area contributed by atoms with Crippen molar-refractivity contribution in [3.63, 3.8) is 0 Å². The molecule has 0 atom stereocenters. The number of rotatable bonds is 3. The molecule has 0 aliphatic rings. The van der Waals surface area contributed by atoms with Crippen LogP contribution in [0.15, 0.2) is 41.3 Å². The lowest BCUT2D eigenvalue weighted by molar-refractivity contribution is 0.504. The van der Waals surface area contributed by atoms with Gasteiger partial charge in [-0.25, -0.2) is 21.6 Å². The monoisotopic (exact) mass is 302 g/mol. The highest BCUT2D eigenvalue weighted by molar-refractivity contribution is 7.92.